The molecule has 0 bridgehead atoms. The lowest BCUT2D eigenvalue weighted by molar-refractivity contribution is 0.554. The Morgan fingerprint density at radius 2 is 1.90 bits per heavy atom. The molecule has 2 aromatic rings. The zero-order valence-corrected chi connectivity index (χ0v) is 14.0. The van der Waals surface area contributed by atoms with Crippen molar-refractivity contribution in [2.24, 2.45) is 5.92 Å². The number of benzene rings is 1. The molecular weight excluding hydrogens is 304 g/mol. The van der Waals surface area contributed by atoms with E-state index in [-0.39, 0.29) is 16.6 Å². The van der Waals surface area contributed by atoms with Gasteiger partial charge < -0.3 is 11.1 Å². The molecule has 4 nitrogen and oxygen atoms in total. The van der Waals surface area contributed by atoms with Gasteiger partial charge in [-0.05, 0) is 29.5 Å². The molecule has 0 aliphatic rings. The second-order valence-corrected chi connectivity index (χ2v) is 8.33. The van der Waals surface area contributed by atoms with Crippen molar-refractivity contribution in [1.29, 1.82) is 0 Å². The molecule has 0 saturated carbocycles. The van der Waals surface area contributed by atoms with Crippen LogP contribution in [0.3, 0.4) is 0 Å². The molecule has 0 aliphatic heterocycles. The summed E-state index contributed by atoms with van der Waals surface area (Å²) >= 11 is 1.67. The van der Waals surface area contributed by atoms with E-state index in [1.807, 2.05) is 17.5 Å². The molecular formula is C15H20N2O2S2. The molecule has 0 radical (unpaired) electrons. The van der Waals surface area contributed by atoms with Gasteiger partial charge in [-0.15, -0.1) is 11.3 Å². The topological polar surface area (TPSA) is 72.2 Å². The van der Waals surface area contributed by atoms with Crippen LogP contribution in [0.2, 0.25) is 0 Å². The highest BCUT2D eigenvalue weighted by molar-refractivity contribution is 7.90. The molecule has 0 saturated heterocycles. The van der Waals surface area contributed by atoms with Crippen molar-refractivity contribution in [3.8, 4) is 0 Å². The van der Waals surface area contributed by atoms with Crippen LogP contribution in [-0.4, -0.2) is 14.7 Å². The van der Waals surface area contributed by atoms with E-state index >= 15 is 0 Å². The maximum Gasteiger partial charge on any atom is 0.177 e. The van der Waals surface area contributed by atoms with E-state index in [0.29, 0.717) is 11.6 Å². The predicted molar refractivity (Wildman–Crippen MR) is 89.5 cm³/mol. The molecule has 3 N–H and O–H groups in total. The van der Waals surface area contributed by atoms with Gasteiger partial charge in [0.2, 0.25) is 0 Å². The van der Waals surface area contributed by atoms with Gasteiger partial charge >= 0.3 is 0 Å². The standard InChI is InChI=1S/C15H20N2O2S2/c1-10(2)15(12-7-5-9-20-12)17-11-6-4-8-13(14(11)16)21(3,18)19/h4-10,15,17H,16H2,1-3H3. The molecule has 6 heteroatoms. The molecule has 1 atom stereocenters. The minimum atomic E-state index is -3.33. The van der Waals surface area contributed by atoms with Gasteiger partial charge in [-0.3, -0.25) is 0 Å². The number of para-hydroxylation sites is 1. The fraction of sp³-hybridized carbons (Fsp3) is 0.333. The van der Waals surface area contributed by atoms with Crippen molar-refractivity contribution < 1.29 is 8.42 Å². The second-order valence-electron chi connectivity index (χ2n) is 5.37. The molecule has 114 valence electrons. The number of nitrogens with two attached hydrogens (primary N) is 1. The molecule has 1 heterocycles. The number of hydrogen-bond acceptors (Lipinski definition) is 5. The van der Waals surface area contributed by atoms with Crippen LogP contribution in [0.1, 0.15) is 24.8 Å². The maximum absolute atomic E-state index is 11.7. The summed E-state index contributed by atoms with van der Waals surface area (Å²) in [4.78, 5) is 1.37. The minimum Gasteiger partial charge on any atom is -0.396 e. The van der Waals surface area contributed by atoms with Crippen LogP contribution in [0.15, 0.2) is 40.6 Å². The third-order valence-corrected chi connectivity index (χ3v) is 5.40. The van der Waals surface area contributed by atoms with E-state index in [1.165, 1.54) is 17.2 Å². The number of nitrogen functional groups attached to an aromatic ring is 1. The van der Waals surface area contributed by atoms with Crippen molar-refractivity contribution in [2.75, 3.05) is 17.3 Å². The average Bonchev–Trinajstić information content (AvgIpc) is 2.89. The first-order chi connectivity index (χ1) is 9.80. The summed E-state index contributed by atoms with van der Waals surface area (Å²) < 4.78 is 23.5. The summed E-state index contributed by atoms with van der Waals surface area (Å²) in [5.41, 5.74) is 6.97. The zero-order chi connectivity index (χ0) is 15.6. The Labute approximate surface area is 129 Å². The number of thiophene rings is 1. The first-order valence-electron chi connectivity index (χ1n) is 6.69. The van der Waals surface area contributed by atoms with Gasteiger partial charge in [-0.25, -0.2) is 8.42 Å². The first kappa shape index (κ1) is 15.9. The van der Waals surface area contributed by atoms with Crippen LogP contribution in [-0.2, 0) is 9.84 Å². The van der Waals surface area contributed by atoms with E-state index < -0.39 is 9.84 Å². The van der Waals surface area contributed by atoms with Gasteiger partial charge in [0.25, 0.3) is 0 Å². The summed E-state index contributed by atoms with van der Waals surface area (Å²) in [7, 11) is -3.33. The number of nitrogens with one attached hydrogen (secondary N) is 1. The summed E-state index contributed by atoms with van der Waals surface area (Å²) in [6, 6.07) is 9.23. The van der Waals surface area contributed by atoms with Gasteiger partial charge in [0.1, 0.15) is 0 Å². The van der Waals surface area contributed by atoms with Gasteiger partial charge in [-0.1, -0.05) is 26.0 Å². The quantitative estimate of drug-likeness (QED) is 0.825. The summed E-state index contributed by atoms with van der Waals surface area (Å²) in [6.07, 6.45) is 1.17. The Hall–Kier alpha value is -1.53. The van der Waals surface area contributed by atoms with E-state index in [4.69, 9.17) is 5.73 Å². The summed E-state index contributed by atoms with van der Waals surface area (Å²) in [5.74, 6) is 0.352. The number of sulfone groups is 1. The van der Waals surface area contributed by atoms with E-state index in [2.05, 4.69) is 25.2 Å². The van der Waals surface area contributed by atoms with Gasteiger partial charge in [0, 0.05) is 11.1 Å². The molecule has 0 spiro atoms. The van der Waals surface area contributed by atoms with Crippen LogP contribution < -0.4 is 11.1 Å². The monoisotopic (exact) mass is 324 g/mol. The van der Waals surface area contributed by atoms with Crippen molar-refractivity contribution in [3.05, 3.63) is 40.6 Å². The van der Waals surface area contributed by atoms with Gasteiger partial charge in [-0.2, -0.15) is 0 Å². The van der Waals surface area contributed by atoms with Crippen LogP contribution >= 0.6 is 11.3 Å². The normalized spacial score (nSPS) is 13.3. The third-order valence-electron chi connectivity index (χ3n) is 3.29. The number of hydrogen-bond donors (Lipinski definition) is 2. The molecule has 21 heavy (non-hydrogen) atoms. The Balaban J connectivity index is 2.39. The SMILES string of the molecule is CC(C)C(Nc1cccc(S(C)(=O)=O)c1N)c1cccs1. The lowest BCUT2D eigenvalue weighted by Crippen LogP contribution is -2.17. The average molecular weight is 324 g/mol. The van der Waals surface area contributed by atoms with Crippen molar-refractivity contribution in [1.82, 2.24) is 0 Å². The summed E-state index contributed by atoms with van der Waals surface area (Å²) in [6.45, 7) is 4.24. The molecule has 0 fully saturated rings. The number of anilines is 2. The van der Waals surface area contributed by atoms with Crippen molar-refractivity contribution >= 4 is 32.5 Å². The number of rotatable bonds is 5. The van der Waals surface area contributed by atoms with Crippen LogP contribution in [0.25, 0.3) is 0 Å². The first-order valence-corrected chi connectivity index (χ1v) is 9.46. The minimum absolute atomic E-state index is 0.0992. The fourth-order valence-electron chi connectivity index (χ4n) is 2.20. The van der Waals surface area contributed by atoms with E-state index in [1.54, 1.807) is 17.4 Å². The smallest absolute Gasteiger partial charge is 0.177 e. The maximum atomic E-state index is 11.7. The van der Waals surface area contributed by atoms with Crippen LogP contribution in [0.5, 0.6) is 0 Å². The van der Waals surface area contributed by atoms with Crippen LogP contribution in [0.4, 0.5) is 11.4 Å². The fourth-order valence-corrected chi connectivity index (χ4v) is 3.98. The Kier molecular flexibility index (Phi) is 4.58. The highest BCUT2D eigenvalue weighted by Crippen LogP contribution is 2.34. The highest BCUT2D eigenvalue weighted by atomic mass is 32.2. The van der Waals surface area contributed by atoms with Crippen molar-refractivity contribution in [3.63, 3.8) is 0 Å². The van der Waals surface area contributed by atoms with E-state index in [0.717, 1.165) is 0 Å². The Morgan fingerprint density at radius 3 is 2.43 bits per heavy atom. The molecule has 2 rings (SSSR count). The van der Waals surface area contributed by atoms with Crippen molar-refractivity contribution in [2.45, 2.75) is 24.8 Å². The lowest BCUT2D eigenvalue weighted by atomic mass is 10.0. The molecule has 0 amide bonds. The zero-order valence-electron chi connectivity index (χ0n) is 12.3. The molecule has 1 aromatic heterocycles. The molecule has 0 aliphatic carbocycles. The van der Waals surface area contributed by atoms with Crippen LogP contribution in [0, 0.1) is 5.92 Å². The predicted octanol–water partition coefficient (Wildman–Crippen LogP) is 3.54. The largest absolute Gasteiger partial charge is 0.396 e. The molecule has 1 unspecified atom stereocenters. The lowest BCUT2D eigenvalue weighted by Gasteiger charge is -2.24. The second kappa shape index (κ2) is 6.07. The Bertz CT molecular complexity index is 707. The highest BCUT2D eigenvalue weighted by Gasteiger charge is 2.20. The Morgan fingerprint density at radius 1 is 1.19 bits per heavy atom. The third kappa shape index (κ3) is 3.57. The van der Waals surface area contributed by atoms with E-state index in [9.17, 15) is 8.42 Å². The van der Waals surface area contributed by atoms with Gasteiger partial charge in [0.05, 0.1) is 22.3 Å². The van der Waals surface area contributed by atoms with Gasteiger partial charge in [0.15, 0.2) is 9.84 Å². The molecule has 1 aromatic carbocycles. The summed E-state index contributed by atoms with van der Waals surface area (Å²) in [5, 5.41) is 5.41.